The molecule has 1 fully saturated rings. The molecule has 0 unspecified atom stereocenters. The molecule has 0 saturated carbocycles. The predicted molar refractivity (Wildman–Crippen MR) is 108 cm³/mol. The highest BCUT2D eigenvalue weighted by molar-refractivity contribution is 5.95. The molecule has 1 aliphatic rings. The molecule has 0 atom stereocenters. The largest absolute Gasteiger partial charge is 0.350 e. The molecule has 3 aromatic rings. The Bertz CT molecular complexity index is 1040. The van der Waals surface area contributed by atoms with Crippen LogP contribution in [-0.4, -0.2) is 38.2 Å². The molecule has 0 radical (unpaired) electrons. The van der Waals surface area contributed by atoms with E-state index in [1.54, 1.807) is 11.6 Å². The first-order valence-electron chi connectivity index (χ1n) is 9.62. The molecule has 2 heterocycles. The second-order valence-electron chi connectivity index (χ2n) is 7.32. The summed E-state index contributed by atoms with van der Waals surface area (Å²) >= 11 is 0. The Labute approximate surface area is 164 Å². The molecule has 28 heavy (non-hydrogen) atoms. The number of hydrogen-bond acceptors (Lipinski definition) is 3. The Balaban J connectivity index is 1.55. The van der Waals surface area contributed by atoms with E-state index in [-0.39, 0.29) is 17.5 Å². The van der Waals surface area contributed by atoms with Crippen molar-refractivity contribution >= 4 is 5.91 Å². The summed E-state index contributed by atoms with van der Waals surface area (Å²) in [5.74, 6) is 1.01. The maximum absolute atomic E-state index is 12.9. The lowest BCUT2D eigenvalue weighted by Crippen LogP contribution is -2.38. The molecule has 4 rings (SSSR count). The van der Waals surface area contributed by atoms with Crippen LogP contribution in [0, 0.1) is 6.92 Å². The summed E-state index contributed by atoms with van der Waals surface area (Å²) in [7, 11) is 1.68. The molecule has 0 spiro atoms. The molecule has 1 aliphatic heterocycles. The van der Waals surface area contributed by atoms with Crippen LogP contribution in [0.15, 0.2) is 59.4 Å². The second-order valence-corrected chi connectivity index (χ2v) is 7.32. The second kappa shape index (κ2) is 7.46. The lowest BCUT2D eigenvalue weighted by Gasteiger charge is -2.32. The predicted octanol–water partition coefficient (Wildman–Crippen LogP) is 2.90. The van der Waals surface area contributed by atoms with Crippen LogP contribution >= 0.6 is 0 Å². The molecular formula is C22H24N4O2. The lowest BCUT2D eigenvalue weighted by atomic mass is 9.95. The number of aromatic nitrogens is 3. The van der Waals surface area contributed by atoms with Crippen molar-refractivity contribution in [3.05, 3.63) is 82.0 Å². The number of carbonyl (C=O) groups excluding carboxylic acids is 1. The minimum Gasteiger partial charge on any atom is -0.339 e. The first kappa shape index (κ1) is 18.2. The minimum absolute atomic E-state index is 0.0815. The lowest BCUT2D eigenvalue weighted by molar-refractivity contribution is 0.0710. The highest BCUT2D eigenvalue weighted by Gasteiger charge is 2.29. The third-order valence-corrected chi connectivity index (χ3v) is 5.49. The molecule has 2 aromatic carbocycles. The van der Waals surface area contributed by atoms with Crippen molar-refractivity contribution < 1.29 is 4.79 Å². The molecule has 1 aromatic heterocycles. The molecule has 1 saturated heterocycles. The molecule has 6 nitrogen and oxygen atoms in total. The van der Waals surface area contributed by atoms with E-state index in [9.17, 15) is 9.59 Å². The first-order chi connectivity index (χ1) is 13.6. The quantitative estimate of drug-likeness (QED) is 0.706. The Hall–Kier alpha value is -3.15. The van der Waals surface area contributed by atoms with Gasteiger partial charge in [-0.2, -0.15) is 5.10 Å². The van der Waals surface area contributed by atoms with E-state index < -0.39 is 0 Å². The fraction of sp³-hybridized carbons (Fsp3) is 0.318. The highest BCUT2D eigenvalue weighted by Crippen LogP contribution is 2.28. The molecule has 1 amide bonds. The van der Waals surface area contributed by atoms with Gasteiger partial charge in [0.15, 0.2) is 0 Å². The van der Waals surface area contributed by atoms with Gasteiger partial charge < -0.3 is 4.90 Å². The van der Waals surface area contributed by atoms with E-state index in [1.165, 1.54) is 4.68 Å². The zero-order chi connectivity index (χ0) is 19.7. The van der Waals surface area contributed by atoms with Gasteiger partial charge in [-0.15, -0.1) is 0 Å². The molecule has 6 heteroatoms. The zero-order valence-electron chi connectivity index (χ0n) is 16.2. The first-order valence-corrected chi connectivity index (χ1v) is 9.62. The van der Waals surface area contributed by atoms with Crippen molar-refractivity contribution in [1.29, 1.82) is 0 Å². The number of rotatable bonds is 3. The molecular weight excluding hydrogens is 352 g/mol. The van der Waals surface area contributed by atoms with E-state index in [2.05, 4.69) is 5.10 Å². The van der Waals surface area contributed by atoms with Crippen LogP contribution in [0.2, 0.25) is 0 Å². The summed E-state index contributed by atoms with van der Waals surface area (Å²) < 4.78 is 3.09. The van der Waals surface area contributed by atoms with Gasteiger partial charge >= 0.3 is 5.69 Å². The van der Waals surface area contributed by atoms with E-state index in [4.69, 9.17) is 0 Å². The molecule has 0 N–H and O–H groups in total. The number of piperidine rings is 1. The Morgan fingerprint density at radius 2 is 1.64 bits per heavy atom. The monoisotopic (exact) mass is 376 g/mol. The smallest absolute Gasteiger partial charge is 0.339 e. The van der Waals surface area contributed by atoms with Gasteiger partial charge in [-0.1, -0.05) is 36.4 Å². The van der Waals surface area contributed by atoms with E-state index in [0.717, 1.165) is 35.5 Å². The summed E-state index contributed by atoms with van der Waals surface area (Å²) in [6, 6.07) is 17.3. The fourth-order valence-electron chi connectivity index (χ4n) is 3.89. The molecule has 0 bridgehead atoms. The van der Waals surface area contributed by atoms with Crippen LogP contribution in [0.25, 0.3) is 5.69 Å². The van der Waals surface area contributed by atoms with Gasteiger partial charge in [0.25, 0.3) is 5.91 Å². The molecule has 0 aliphatic carbocycles. The summed E-state index contributed by atoms with van der Waals surface area (Å²) in [5, 5.41) is 4.52. The van der Waals surface area contributed by atoms with Crippen molar-refractivity contribution in [1.82, 2.24) is 19.2 Å². The van der Waals surface area contributed by atoms with Gasteiger partial charge in [-0.3, -0.25) is 4.79 Å². The zero-order valence-corrected chi connectivity index (χ0v) is 16.2. The van der Waals surface area contributed by atoms with Gasteiger partial charge in [0.1, 0.15) is 5.82 Å². The van der Waals surface area contributed by atoms with E-state index in [0.29, 0.717) is 13.1 Å². The average molecular weight is 376 g/mol. The third kappa shape index (κ3) is 3.26. The molecule has 144 valence electrons. The minimum atomic E-state index is -0.139. The summed E-state index contributed by atoms with van der Waals surface area (Å²) in [4.78, 5) is 27.4. The van der Waals surface area contributed by atoms with Gasteiger partial charge in [0, 0.05) is 31.6 Å². The van der Waals surface area contributed by atoms with Gasteiger partial charge in [-0.05, 0) is 43.5 Å². The van der Waals surface area contributed by atoms with Crippen molar-refractivity contribution in [3.8, 4) is 5.69 Å². The summed E-state index contributed by atoms with van der Waals surface area (Å²) in [6.07, 6.45) is 1.59. The van der Waals surface area contributed by atoms with Crippen LogP contribution in [-0.2, 0) is 7.05 Å². The van der Waals surface area contributed by atoms with Crippen LogP contribution in [0.5, 0.6) is 0 Å². The average Bonchev–Trinajstić information content (AvgIpc) is 3.03. The van der Waals surface area contributed by atoms with Crippen LogP contribution in [0.3, 0.4) is 0 Å². The number of para-hydroxylation sites is 1. The maximum Gasteiger partial charge on any atom is 0.350 e. The van der Waals surface area contributed by atoms with Crippen LogP contribution < -0.4 is 5.69 Å². The topological polar surface area (TPSA) is 60.1 Å². The van der Waals surface area contributed by atoms with Gasteiger partial charge in [0.05, 0.1) is 5.69 Å². The number of hydrogen-bond donors (Lipinski definition) is 0. The van der Waals surface area contributed by atoms with Crippen molar-refractivity contribution in [2.24, 2.45) is 7.05 Å². The standard InChI is InChI=1S/C22H24N4O2/c1-16-8-6-7-11-19(16)21(27)25-14-12-17(13-15-25)20-23-24(2)22(28)26(20)18-9-4-3-5-10-18/h3-11,17H,12-15H2,1-2H3. The van der Waals surface area contributed by atoms with E-state index in [1.807, 2.05) is 66.4 Å². The Kier molecular flexibility index (Phi) is 4.86. The number of aryl methyl sites for hydroxylation is 2. The van der Waals surface area contributed by atoms with Crippen LogP contribution in [0.1, 0.15) is 40.5 Å². The van der Waals surface area contributed by atoms with Crippen molar-refractivity contribution in [2.45, 2.75) is 25.7 Å². The van der Waals surface area contributed by atoms with Gasteiger partial charge in [-0.25, -0.2) is 14.0 Å². The highest BCUT2D eigenvalue weighted by atomic mass is 16.2. The fourth-order valence-corrected chi connectivity index (χ4v) is 3.89. The Morgan fingerprint density at radius 3 is 2.32 bits per heavy atom. The van der Waals surface area contributed by atoms with Crippen LogP contribution in [0.4, 0.5) is 0 Å². The van der Waals surface area contributed by atoms with E-state index >= 15 is 0 Å². The van der Waals surface area contributed by atoms with Crippen molar-refractivity contribution in [3.63, 3.8) is 0 Å². The summed E-state index contributed by atoms with van der Waals surface area (Å²) in [5.41, 5.74) is 2.45. The van der Waals surface area contributed by atoms with Gasteiger partial charge in [0.2, 0.25) is 0 Å². The normalized spacial score (nSPS) is 15.0. The van der Waals surface area contributed by atoms with Crippen molar-refractivity contribution in [2.75, 3.05) is 13.1 Å². The maximum atomic E-state index is 12.9. The summed E-state index contributed by atoms with van der Waals surface area (Å²) in [6.45, 7) is 3.29. The number of benzene rings is 2. The Morgan fingerprint density at radius 1 is 1.00 bits per heavy atom. The number of carbonyl (C=O) groups is 1. The number of amides is 1. The number of nitrogens with zero attached hydrogens (tertiary/aromatic N) is 4. The number of likely N-dealkylation sites (tertiary alicyclic amines) is 1. The SMILES string of the molecule is Cc1ccccc1C(=O)N1CCC(c2nn(C)c(=O)n2-c2ccccc2)CC1. The third-order valence-electron chi connectivity index (χ3n) is 5.49.